The Bertz CT molecular complexity index is 986. The highest BCUT2D eigenvalue weighted by Crippen LogP contribution is 2.29. The smallest absolute Gasteiger partial charge is 0.183 e. The zero-order chi connectivity index (χ0) is 19.7. The maximum atomic E-state index is 13.2. The van der Waals surface area contributed by atoms with E-state index in [1.165, 1.54) is 12.1 Å². The molecule has 1 aliphatic rings. The quantitative estimate of drug-likeness (QED) is 0.807. The van der Waals surface area contributed by atoms with Gasteiger partial charge in [0, 0.05) is 25.0 Å². The molecule has 0 spiro atoms. The van der Waals surface area contributed by atoms with Gasteiger partial charge in [0.15, 0.2) is 19.7 Å². The van der Waals surface area contributed by atoms with E-state index >= 15 is 0 Å². The fraction of sp³-hybridized carbons (Fsp3) is 0.368. The van der Waals surface area contributed by atoms with Crippen LogP contribution in [-0.4, -0.2) is 51.8 Å². The number of nitrogens with zero attached hydrogens (tertiary/aromatic N) is 1. The van der Waals surface area contributed by atoms with Crippen LogP contribution in [0.5, 0.6) is 0 Å². The van der Waals surface area contributed by atoms with Crippen LogP contribution < -0.4 is 4.90 Å². The van der Waals surface area contributed by atoms with Gasteiger partial charge in [-0.1, -0.05) is 30.3 Å². The molecule has 1 aliphatic heterocycles. The molecule has 27 heavy (non-hydrogen) atoms. The lowest BCUT2D eigenvalue weighted by molar-refractivity contribution is 0.282. The second-order valence-electron chi connectivity index (χ2n) is 6.90. The molecule has 2 aromatic carbocycles. The monoisotopic (exact) mass is 409 g/mol. The third-order valence-corrected chi connectivity index (χ3v) is 8.67. The van der Waals surface area contributed by atoms with E-state index in [0.717, 1.165) is 11.9 Å². The zero-order valence-electron chi connectivity index (χ0n) is 15.0. The summed E-state index contributed by atoms with van der Waals surface area (Å²) >= 11 is 0. The molecule has 1 N–H and O–H groups in total. The summed E-state index contributed by atoms with van der Waals surface area (Å²) in [6.45, 7) is 0.347. The van der Waals surface area contributed by atoms with Crippen LogP contribution in [0.25, 0.3) is 0 Å². The molecule has 3 rings (SSSR count). The standard InChI is InChI=1S/C19H23NO5S2/c1-26(22,23)18-11-19(13-20(12-18)16-5-3-2-4-6-16)27(24,25)17-9-7-15(14-21)8-10-17/h2-10,18-19,21H,11-14H2,1H3/t18-,19+/m0/s1. The lowest BCUT2D eigenvalue weighted by atomic mass is 10.1. The van der Waals surface area contributed by atoms with Gasteiger partial charge in [-0.25, -0.2) is 16.8 Å². The molecule has 1 saturated heterocycles. The number of hydrogen-bond donors (Lipinski definition) is 1. The minimum Gasteiger partial charge on any atom is -0.392 e. The molecule has 2 aromatic rings. The average molecular weight is 410 g/mol. The van der Waals surface area contributed by atoms with E-state index in [2.05, 4.69) is 0 Å². The summed E-state index contributed by atoms with van der Waals surface area (Å²) in [5.74, 6) is 0. The van der Waals surface area contributed by atoms with E-state index < -0.39 is 30.2 Å². The van der Waals surface area contributed by atoms with Crippen molar-refractivity contribution in [1.82, 2.24) is 0 Å². The summed E-state index contributed by atoms with van der Waals surface area (Å²) in [7, 11) is -7.10. The Balaban J connectivity index is 1.96. The molecular weight excluding hydrogens is 386 g/mol. The first kappa shape index (κ1) is 19.9. The van der Waals surface area contributed by atoms with Crippen molar-refractivity contribution in [2.24, 2.45) is 0 Å². The fourth-order valence-corrected chi connectivity index (χ4v) is 6.29. The highest BCUT2D eigenvalue weighted by atomic mass is 32.2. The highest BCUT2D eigenvalue weighted by molar-refractivity contribution is 7.92. The number of hydrogen-bond acceptors (Lipinski definition) is 6. The molecular formula is C19H23NO5S2. The molecule has 0 saturated carbocycles. The summed E-state index contributed by atoms with van der Waals surface area (Å²) in [6.07, 6.45) is 1.23. The maximum absolute atomic E-state index is 13.2. The molecule has 8 heteroatoms. The van der Waals surface area contributed by atoms with E-state index in [4.69, 9.17) is 5.11 Å². The van der Waals surface area contributed by atoms with Gasteiger partial charge in [0.05, 0.1) is 22.0 Å². The van der Waals surface area contributed by atoms with E-state index in [1.54, 1.807) is 12.1 Å². The average Bonchev–Trinajstić information content (AvgIpc) is 2.67. The van der Waals surface area contributed by atoms with Gasteiger partial charge in [0.1, 0.15) is 0 Å². The molecule has 146 valence electrons. The van der Waals surface area contributed by atoms with Crippen LogP contribution in [0, 0.1) is 0 Å². The number of piperidine rings is 1. The van der Waals surface area contributed by atoms with Crippen LogP contribution in [0.15, 0.2) is 59.5 Å². The Labute approximate surface area is 160 Å². The Morgan fingerprint density at radius 2 is 1.52 bits per heavy atom. The lowest BCUT2D eigenvalue weighted by Gasteiger charge is -2.38. The van der Waals surface area contributed by atoms with Crippen molar-refractivity contribution in [3.63, 3.8) is 0 Å². The molecule has 0 unspecified atom stereocenters. The normalized spacial score (nSPS) is 21.2. The highest BCUT2D eigenvalue weighted by Gasteiger charge is 2.40. The molecule has 0 bridgehead atoms. The summed E-state index contributed by atoms with van der Waals surface area (Å²) in [5.41, 5.74) is 1.43. The number of anilines is 1. The SMILES string of the molecule is CS(=O)(=O)[C@H]1C[C@@H](S(=O)(=O)c2ccc(CO)cc2)CN(c2ccccc2)C1. The zero-order valence-corrected chi connectivity index (χ0v) is 16.7. The minimum atomic E-state index is -3.71. The third-order valence-electron chi connectivity index (χ3n) is 4.97. The Morgan fingerprint density at radius 1 is 0.926 bits per heavy atom. The van der Waals surface area contributed by atoms with Crippen molar-refractivity contribution in [2.45, 2.75) is 28.4 Å². The van der Waals surface area contributed by atoms with Crippen LogP contribution in [0.2, 0.25) is 0 Å². The second kappa shape index (κ2) is 7.61. The van der Waals surface area contributed by atoms with E-state index in [-0.39, 0.29) is 31.0 Å². The van der Waals surface area contributed by atoms with Gasteiger partial charge in [-0.05, 0) is 36.2 Å². The topological polar surface area (TPSA) is 91.8 Å². The number of aliphatic hydroxyl groups excluding tert-OH is 1. The third kappa shape index (κ3) is 4.34. The van der Waals surface area contributed by atoms with Crippen LogP contribution in [0.4, 0.5) is 5.69 Å². The van der Waals surface area contributed by atoms with Crippen molar-refractivity contribution in [3.8, 4) is 0 Å². The molecule has 1 heterocycles. The van der Waals surface area contributed by atoms with Crippen LogP contribution in [0.3, 0.4) is 0 Å². The molecule has 0 radical (unpaired) electrons. The number of aliphatic hydroxyl groups is 1. The number of sulfone groups is 2. The van der Waals surface area contributed by atoms with Gasteiger partial charge in [-0.2, -0.15) is 0 Å². The van der Waals surface area contributed by atoms with Crippen LogP contribution >= 0.6 is 0 Å². The molecule has 2 atom stereocenters. The van der Waals surface area contributed by atoms with Gasteiger partial charge >= 0.3 is 0 Å². The Kier molecular flexibility index (Phi) is 5.60. The summed E-state index contributed by atoms with van der Waals surface area (Å²) in [5, 5.41) is 7.57. The molecule has 0 aromatic heterocycles. The summed E-state index contributed by atoms with van der Waals surface area (Å²) < 4.78 is 50.7. The van der Waals surface area contributed by atoms with Gasteiger partial charge in [-0.15, -0.1) is 0 Å². The number of benzene rings is 2. The van der Waals surface area contributed by atoms with E-state index in [0.29, 0.717) is 5.56 Å². The first-order valence-corrected chi connectivity index (χ1v) is 12.1. The summed E-state index contributed by atoms with van der Waals surface area (Å²) in [4.78, 5) is 1.98. The molecule has 6 nitrogen and oxygen atoms in total. The first-order valence-electron chi connectivity index (χ1n) is 8.64. The van der Waals surface area contributed by atoms with Crippen molar-refractivity contribution in [1.29, 1.82) is 0 Å². The van der Waals surface area contributed by atoms with Crippen molar-refractivity contribution in [2.75, 3.05) is 24.2 Å². The first-order chi connectivity index (χ1) is 12.7. The lowest BCUT2D eigenvalue weighted by Crippen LogP contribution is -2.51. The largest absolute Gasteiger partial charge is 0.392 e. The van der Waals surface area contributed by atoms with Crippen molar-refractivity contribution >= 4 is 25.4 Å². The van der Waals surface area contributed by atoms with Gasteiger partial charge in [-0.3, -0.25) is 0 Å². The Hall–Kier alpha value is -1.90. The summed E-state index contributed by atoms with van der Waals surface area (Å²) in [6, 6.07) is 15.3. The van der Waals surface area contributed by atoms with E-state index in [9.17, 15) is 16.8 Å². The number of rotatable bonds is 5. The minimum absolute atomic E-state index is 0.0756. The van der Waals surface area contributed by atoms with Crippen molar-refractivity contribution < 1.29 is 21.9 Å². The van der Waals surface area contributed by atoms with Crippen LogP contribution in [0.1, 0.15) is 12.0 Å². The predicted molar refractivity (Wildman–Crippen MR) is 105 cm³/mol. The maximum Gasteiger partial charge on any atom is 0.183 e. The van der Waals surface area contributed by atoms with Gasteiger partial charge in [0.25, 0.3) is 0 Å². The molecule has 1 fully saturated rings. The molecule has 0 aliphatic carbocycles. The second-order valence-corrected chi connectivity index (χ2v) is 11.5. The van der Waals surface area contributed by atoms with Gasteiger partial charge < -0.3 is 10.0 Å². The van der Waals surface area contributed by atoms with Gasteiger partial charge in [0.2, 0.25) is 0 Å². The van der Waals surface area contributed by atoms with Crippen molar-refractivity contribution in [3.05, 3.63) is 60.2 Å². The number of para-hydroxylation sites is 1. The fourth-order valence-electron chi connectivity index (χ4n) is 3.37. The predicted octanol–water partition coefficient (Wildman–Crippen LogP) is 1.64. The van der Waals surface area contributed by atoms with E-state index in [1.807, 2.05) is 35.2 Å². The van der Waals surface area contributed by atoms with Crippen LogP contribution in [-0.2, 0) is 26.3 Å². The molecule has 0 amide bonds. The Morgan fingerprint density at radius 3 is 2.07 bits per heavy atom.